The summed E-state index contributed by atoms with van der Waals surface area (Å²) >= 11 is 12.1. The molecule has 5 heteroatoms. The summed E-state index contributed by atoms with van der Waals surface area (Å²) in [5.74, 6) is 0. The summed E-state index contributed by atoms with van der Waals surface area (Å²) in [6.07, 6.45) is 3.40. The zero-order chi connectivity index (χ0) is 14.8. The fourth-order valence-electron chi connectivity index (χ4n) is 2.44. The van der Waals surface area contributed by atoms with Crippen LogP contribution in [0.2, 0.25) is 10.0 Å². The molecular weight excluding hydrogens is 305 g/mol. The first kappa shape index (κ1) is 14.3. The maximum absolute atomic E-state index is 6.13. The lowest BCUT2D eigenvalue weighted by Crippen LogP contribution is -2.18. The molecule has 1 aromatic heterocycles. The van der Waals surface area contributed by atoms with Crippen molar-refractivity contribution in [1.82, 2.24) is 15.3 Å². The summed E-state index contributed by atoms with van der Waals surface area (Å²) in [6.45, 7) is 0. The van der Waals surface area contributed by atoms with E-state index in [0.29, 0.717) is 10.0 Å². The van der Waals surface area contributed by atoms with Crippen LogP contribution in [0.3, 0.4) is 0 Å². The molecule has 1 N–H and O–H groups in total. The van der Waals surface area contributed by atoms with Gasteiger partial charge in [0, 0.05) is 18.0 Å². The van der Waals surface area contributed by atoms with Crippen LogP contribution in [0.15, 0.2) is 48.8 Å². The molecule has 106 valence electrons. The Bertz CT molecular complexity index is 784. The molecule has 0 amide bonds. The smallest absolute Gasteiger partial charge is 0.0937 e. The van der Waals surface area contributed by atoms with E-state index in [1.807, 2.05) is 37.4 Å². The van der Waals surface area contributed by atoms with Crippen molar-refractivity contribution < 1.29 is 0 Å². The van der Waals surface area contributed by atoms with Crippen LogP contribution in [-0.2, 0) is 0 Å². The van der Waals surface area contributed by atoms with Crippen molar-refractivity contribution in [2.45, 2.75) is 6.04 Å². The zero-order valence-corrected chi connectivity index (χ0v) is 12.9. The molecule has 0 radical (unpaired) electrons. The third kappa shape index (κ3) is 2.72. The van der Waals surface area contributed by atoms with E-state index in [0.717, 1.165) is 22.2 Å². The van der Waals surface area contributed by atoms with Crippen molar-refractivity contribution in [3.8, 4) is 0 Å². The van der Waals surface area contributed by atoms with Gasteiger partial charge < -0.3 is 5.32 Å². The van der Waals surface area contributed by atoms with Gasteiger partial charge >= 0.3 is 0 Å². The maximum Gasteiger partial charge on any atom is 0.0937 e. The molecule has 3 nitrogen and oxygen atoms in total. The summed E-state index contributed by atoms with van der Waals surface area (Å²) in [6, 6.07) is 11.6. The first-order valence-electron chi connectivity index (χ1n) is 6.52. The van der Waals surface area contributed by atoms with Gasteiger partial charge in [0.25, 0.3) is 0 Å². The molecule has 1 heterocycles. The number of para-hydroxylation sites is 1. The predicted octanol–water partition coefficient (Wildman–Crippen LogP) is 4.25. The highest BCUT2D eigenvalue weighted by Crippen LogP contribution is 2.30. The van der Waals surface area contributed by atoms with Crippen molar-refractivity contribution >= 4 is 34.2 Å². The van der Waals surface area contributed by atoms with Crippen LogP contribution < -0.4 is 5.32 Å². The highest BCUT2D eigenvalue weighted by molar-refractivity contribution is 6.42. The average molecular weight is 318 g/mol. The minimum atomic E-state index is -0.0276. The Morgan fingerprint density at radius 1 is 1.00 bits per heavy atom. The summed E-state index contributed by atoms with van der Waals surface area (Å²) in [7, 11) is 1.91. The van der Waals surface area contributed by atoms with E-state index in [4.69, 9.17) is 23.2 Å². The Kier molecular flexibility index (Phi) is 4.06. The van der Waals surface area contributed by atoms with Crippen molar-refractivity contribution in [1.29, 1.82) is 0 Å². The van der Waals surface area contributed by atoms with E-state index in [1.165, 1.54) is 0 Å². The number of nitrogens with one attached hydrogen (secondary N) is 1. The van der Waals surface area contributed by atoms with E-state index in [1.54, 1.807) is 18.5 Å². The van der Waals surface area contributed by atoms with Gasteiger partial charge in [0.15, 0.2) is 0 Å². The van der Waals surface area contributed by atoms with Gasteiger partial charge in [-0.1, -0.05) is 41.4 Å². The lowest BCUT2D eigenvalue weighted by molar-refractivity contribution is 0.695. The highest BCUT2D eigenvalue weighted by atomic mass is 35.5. The Morgan fingerprint density at radius 2 is 1.81 bits per heavy atom. The monoisotopic (exact) mass is 317 g/mol. The standard InChI is InChI=1S/C16H13Cl2N3/c1-19-15(10-5-6-12(17)13(18)9-10)11-3-2-4-14-16(11)21-8-7-20-14/h2-9,15,19H,1H3. The number of rotatable bonds is 3. The topological polar surface area (TPSA) is 37.8 Å². The Morgan fingerprint density at radius 3 is 2.57 bits per heavy atom. The molecule has 3 aromatic rings. The molecule has 0 aliphatic carbocycles. The molecule has 0 bridgehead atoms. The predicted molar refractivity (Wildman–Crippen MR) is 86.9 cm³/mol. The molecule has 1 unspecified atom stereocenters. The van der Waals surface area contributed by atoms with Gasteiger partial charge in [0.2, 0.25) is 0 Å². The number of hydrogen-bond acceptors (Lipinski definition) is 3. The minimum absolute atomic E-state index is 0.0276. The quantitative estimate of drug-likeness (QED) is 0.785. The molecule has 0 aliphatic heterocycles. The van der Waals surface area contributed by atoms with Gasteiger partial charge in [0.05, 0.1) is 27.1 Å². The van der Waals surface area contributed by atoms with Crippen molar-refractivity contribution in [2.24, 2.45) is 0 Å². The van der Waals surface area contributed by atoms with E-state index in [9.17, 15) is 0 Å². The van der Waals surface area contributed by atoms with Gasteiger partial charge in [-0.25, -0.2) is 0 Å². The van der Waals surface area contributed by atoms with Gasteiger partial charge in [-0.2, -0.15) is 0 Å². The second-order valence-electron chi connectivity index (χ2n) is 4.67. The third-order valence-electron chi connectivity index (χ3n) is 3.41. The molecule has 0 saturated heterocycles. The highest BCUT2D eigenvalue weighted by Gasteiger charge is 2.16. The number of hydrogen-bond donors (Lipinski definition) is 1. The fraction of sp³-hybridized carbons (Fsp3) is 0.125. The molecule has 0 saturated carbocycles. The second kappa shape index (κ2) is 5.98. The average Bonchev–Trinajstić information content (AvgIpc) is 2.52. The Labute approximate surface area is 132 Å². The van der Waals surface area contributed by atoms with Crippen molar-refractivity contribution in [3.63, 3.8) is 0 Å². The summed E-state index contributed by atoms with van der Waals surface area (Å²) < 4.78 is 0. The molecule has 21 heavy (non-hydrogen) atoms. The van der Waals surface area contributed by atoms with Crippen molar-refractivity contribution in [3.05, 3.63) is 70.0 Å². The Hall–Kier alpha value is -1.68. The summed E-state index contributed by atoms with van der Waals surface area (Å²) in [4.78, 5) is 8.80. The summed E-state index contributed by atoms with van der Waals surface area (Å²) in [5, 5.41) is 4.40. The van der Waals surface area contributed by atoms with Gasteiger partial charge in [-0.3, -0.25) is 9.97 Å². The number of benzene rings is 2. The van der Waals surface area contributed by atoms with Crippen molar-refractivity contribution in [2.75, 3.05) is 7.05 Å². The third-order valence-corrected chi connectivity index (χ3v) is 4.15. The van der Waals surface area contributed by atoms with Crippen LogP contribution >= 0.6 is 23.2 Å². The SMILES string of the molecule is CNC(c1ccc(Cl)c(Cl)c1)c1cccc2nccnc12. The molecule has 0 fully saturated rings. The first-order valence-corrected chi connectivity index (χ1v) is 7.28. The first-order chi connectivity index (χ1) is 10.2. The van der Waals surface area contributed by atoms with Crippen LogP contribution in [0.4, 0.5) is 0 Å². The van der Waals surface area contributed by atoms with E-state index < -0.39 is 0 Å². The van der Waals surface area contributed by atoms with Gasteiger partial charge in [-0.05, 0) is 30.8 Å². The van der Waals surface area contributed by atoms with E-state index in [-0.39, 0.29) is 6.04 Å². The largest absolute Gasteiger partial charge is 0.309 e. The second-order valence-corrected chi connectivity index (χ2v) is 5.48. The fourth-order valence-corrected chi connectivity index (χ4v) is 2.75. The molecule has 2 aromatic carbocycles. The maximum atomic E-state index is 6.13. The molecular formula is C16H13Cl2N3. The molecule has 0 spiro atoms. The van der Waals surface area contributed by atoms with Crippen LogP contribution in [0.5, 0.6) is 0 Å². The Balaban J connectivity index is 2.16. The van der Waals surface area contributed by atoms with Crippen LogP contribution in [0.1, 0.15) is 17.2 Å². The summed E-state index contributed by atoms with van der Waals surface area (Å²) in [5.41, 5.74) is 3.84. The van der Waals surface area contributed by atoms with E-state index >= 15 is 0 Å². The van der Waals surface area contributed by atoms with Crippen LogP contribution in [-0.4, -0.2) is 17.0 Å². The number of halogens is 2. The molecule has 1 atom stereocenters. The molecule has 0 aliphatic rings. The minimum Gasteiger partial charge on any atom is -0.309 e. The normalized spacial score (nSPS) is 12.5. The number of aromatic nitrogens is 2. The van der Waals surface area contributed by atoms with Gasteiger partial charge in [-0.15, -0.1) is 0 Å². The van der Waals surface area contributed by atoms with Crippen LogP contribution in [0.25, 0.3) is 11.0 Å². The van der Waals surface area contributed by atoms with E-state index in [2.05, 4.69) is 15.3 Å². The molecule has 3 rings (SSSR count). The number of nitrogens with zero attached hydrogens (tertiary/aromatic N) is 2. The number of fused-ring (bicyclic) bond motifs is 1. The zero-order valence-electron chi connectivity index (χ0n) is 11.3. The lowest BCUT2D eigenvalue weighted by atomic mass is 9.97. The lowest BCUT2D eigenvalue weighted by Gasteiger charge is -2.19. The van der Waals surface area contributed by atoms with Crippen LogP contribution in [0, 0.1) is 0 Å². The van der Waals surface area contributed by atoms with Gasteiger partial charge in [0.1, 0.15) is 0 Å².